The lowest BCUT2D eigenvalue weighted by Gasteiger charge is -2.37. The van der Waals surface area contributed by atoms with Crippen LogP contribution in [0.1, 0.15) is 58.3 Å². The Kier molecular flexibility index (Phi) is 13.0. The van der Waals surface area contributed by atoms with Crippen molar-refractivity contribution in [2.75, 3.05) is 65.6 Å². The van der Waals surface area contributed by atoms with E-state index in [0.29, 0.717) is 77.9 Å². The van der Waals surface area contributed by atoms with Gasteiger partial charge >= 0.3 is 5.97 Å². The van der Waals surface area contributed by atoms with Crippen LogP contribution in [0.15, 0.2) is 25.3 Å². The molecule has 0 aromatic rings. The van der Waals surface area contributed by atoms with Gasteiger partial charge in [-0.15, -0.1) is 13.2 Å². The maximum Gasteiger partial charge on any atom is 0.312 e. The molecule has 252 valence electrons. The van der Waals surface area contributed by atoms with Crippen molar-refractivity contribution in [3.05, 3.63) is 25.3 Å². The van der Waals surface area contributed by atoms with Crippen LogP contribution in [-0.4, -0.2) is 133 Å². The van der Waals surface area contributed by atoms with E-state index in [4.69, 9.17) is 14.2 Å². The van der Waals surface area contributed by atoms with Crippen molar-refractivity contribution in [1.82, 2.24) is 20.0 Å². The first-order chi connectivity index (χ1) is 21.8. The maximum atomic E-state index is 14.5. The van der Waals surface area contributed by atoms with Crippen LogP contribution >= 0.6 is 0 Å². The van der Waals surface area contributed by atoms with Crippen molar-refractivity contribution in [3.8, 4) is 0 Å². The molecule has 2 bridgehead atoms. The largest absolute Gasteiger partial charge is 0.460 e. The number of amides is 3. The van der Waals surface area contributed by atoms with Crippen molar-refractivity contribution < 1.29 is 38.5 Å². The van der Waals surface area contributed by atoms with E-state index in [-0.39, 0.29) is 30.9 Å². The number of rotatable bonds is 19. The minimum absolute atomic E-state index is 0.116. The number of esters is 1. The Bertz CT molecular complexity index is 1070. The van der Waals surface area contributed by atoms with Gasteiger partial charge in [-0.25, -0.2) is 0 Å². The molecule has 12 heteroatoms. The summed E-state index contributed by atoms with van der Waals surface area (Å²) in [5.74, 6) is -2.73. The van der Waals surface area contributed by atoms with Gasteiger partial charge in [0, 0.05) is 52.3 Å². The third kappa shape index (κ3) is 8.14. The first kappa shape index (κ1) is 35.1. The molecule has 4 aliphatic heterocycles. The van der Waals surface area contributed by atoms with Crippen LogP contribution in [0.3, 0.4) is 0 Å². The first-order valence-electron chi connectivity index (χ1n) is 16.6. The molecule has 45 heavy (non-hydrogen) atoms. The zero-order valence-electron chi connectivity index (χ0n) is 26.8. The average molecular weight is 633 g/mol. The zero-order valence-corrected chi connectivity index (χ0v) is 26.8. The SMILES string of the molecule is C=CCCC(=O)NC[C@H](C)OC(=O)[C@@H]1[C@@H]2CC[C@]3(O2)[C@H](C(=O)N(CC=C)CCN2CCOCC2)N(CCCCCCO)C(=O)[C@@H]13. The normalized spacial score (nSPS) is 28.0. The van der Waals surface area contributed by atoms with Gasteiger partial charge in [0.2, 0.25) is 17.7 Å². The number of carbonyl (C=O) groups is 4. The van der Waals surface area contributed by atoms with E-state index in [2.05, 4.69) is 23.4 Å². The number of likely N-dealkylation sites (tertiary alicyclic amines) is 1. The summed E-state index contributed by atoms with van der Waals surface area (Å²) < 4.78 is 17.8. The standard InChI is InChI=1S/C33H52N4O8/c1-4-6-11-26(39)34-23-24(3)44-32(42)27-25-12-13-33(45-25)28(27)30(40)37(15-9-7-8-10-20-38)29(33)31(41)36(14-5-2)17-16-35-18-21-43-22-19-35/h4-5,24-25,27-29,38H,1-2,6-23H2,3H3,(H,34,39)/t24-,25-,27+,28+,29-,33+/m0/s1. The molecule has 0 aliphatic carbocycles. The zero-order chi connectivity index (χ0) is 32.4. The number of aliphatic hydroxyl groups is 1. The topological polar surface area (TPSA) is 138 Å². The third-order valence-electron chi connectivity index (χ3n) is 9.54. The van der Waals surface area contributed by atoms with Gasteiger partial charge in [-0.05, 0) is 39.0 Å². The molecule has 0 radical (unpaired) electrons. The fourth-order valence-corrected chi connectivity index (χ4v) is 7.29. The highest BCUT2D eigenvalue weighted by molar-refractivity contribution is 5.98. The lowest BCUT2D eigenvalue weighted by Crippen LogP contribution is -2.57. The Labute approximate surface area is 267 Å². The van der Waals surface area contributed by atoms with Crippen molar-refractivity contribution in [2.24, 2.45) is 11.8 Å². The van der Waals surface area contributed by atoms with Gasteiger partial charge in [0.1, 0.15) is 17.7 Å². The fraction of sp³-hybridized carbons (Fsp3) is 0.758. The smallest absolute Gasteiger partial charge is 0.312 e. The molecule has 1 spiro atoms. The van der Waals surface area contributed by atoms with Gasteiger partial charge in [0.15, 0.2) is 0 Å². The summed E-state index contributed by atoms with van der Waals surface area (Å²) >= 11 is 0. The van der Waals surface area contributed by atoms with Gasteiger partial charge in [-0.3, -0.25) is 24.1 Å². The predicted molar refractivity (Wildman–Crippen MR) is 167 cm³/mol. The second-order valence-electron chi connectivity index (χ2n) is 12.6. The number of ether oxygens (including phenoxy) is 3. The molecule has 4 saturated heterocycles. The first-order valence-corrected chi connectivity index (χ1v) is 16.6. The van der Waals surface area contributed by atoms with E-state index in [1.807, 2.05) is 0 Å². The van der Waals surface area contributed by atoms with Gasteiger partial charge in [0.25, 0.3) is 0 Å². The van der Waals surface area contributed by atoms with E-state index in [1.54, 1.807) is 28.9 Å². The Hall–Kier alpha value is -2.80. The summed E-state index contributed by atoms with van der Waals surface area (Å²) in [6.45, 7) is 14.3. The van der Waals surface area contributed by atoms with Crippen LogP contribution in [-0.2, 0) is 33.4 Å². The second kappa shape index (κ2) is 16.7. The Balaban J connectivity index is 1.51. The number of carbonyl (C=O) groups excluding carboxylic acids is 4. The summed E-state index contributed by atoms with van der Waals surface area (Å²) in [4.78, 5) is 60.0. The highest BCUT2D eigenvalue weighted by atomic mass is 16.6. The molecule has 12 nitrogen and oxygen atoms in total. The summed E-state index contributed by atoms with van der Waals surface area (Å²) in [6.07, 6.45) is 7.18. The molecule has 4 fully saturated rings. The second-order valence-corrected chi connectivity index (χ2v) is 12.6. The molecule has 3 amide bonds. The van der Waals surface area contributed by atoms with Gasteiger partial charge in [-0.2, -0.15) is 0 Å². The number of fused-ring (bicyclic) bond motifs is 1. The molecule has 2 N–H and O–H groups in total. The summed E-state index contributed by atoms with van der Waals surface area (Å²) in [5.41, 5.74) is -1.10. The molecule has 0 aromatic carbocycles. The van der Waals surface area contributed by atoms with Gasteiger partial charge in [0.05, 0.1) is 37.7 Å². The summed E-state index contributed by atoms with van der Waals surface area (Å²) in [6, 6.07) is -0.846. The Morgan fingerprint density at radius 2 is 1.91 bits per heavy atom. The summed E-state index contributed by atoms with van der Waals surface area (Å²) in [7, 11) is 0. The number of aliphatic hydroxyl groups excluding tert-OH is 1. The van der Waals surface area contributed by atoms with Crippen molar-refractivity contribution >= 4 is 23.7 Å². The molecule has 0 unspecified atom stereocenters. The van der Waals surface area contributed by atoms with Crippen LogP contribution in [0, 0.1) is 11.8 Å². The van der Waals surface area contributed by atoms with E-state index in [9.17, 15) is 24.3 Å². The monoisotopic (exact) mass is 632 g/mol. The van der Waals surface area contributed by atoms with Crippen molar-refractivity contribution in [1.29, 1.82) is 0 Å². The van der Waals surface area contributed by atoms with E-state index >= 15 is 0 Å². The van der Waals surface area contributed by atoms with Crippen LogP contribution in [0.2, 0.25) is 0 Å². The number of hydrogen-bond donors (Lipinski definition) is 2. The molecule has 4 rings (SSSR count). The lowest BCUT2D eigenvalue weighted by molar-refractivity contribution is -0.159. The quantitative estimate of drug-likeness (QED) is 0.123. The lowest BCUT2D eigenvalue weighted by atomic mass is 9.70. The minimum atomic E-state index is -1.10. The van der Waals surface area contributed by atoms with E-state index < -0.39 is 41.7 Å². The van der Waals surface area contributed by atoms with Crippen LogP contribution in [0.25, 0.3) is 0 Å². The average Bonchev–Trinajstić information content (AvgIpc) is 3.68. The molecular weight excluding hydrogens is 580 g/mol. The van der Waals surface area contributed by atoms with Crippen LogP contribution in [0.5, 0.6) is 0 Å². The fourth-order valence-electron chi connectivity index (χ4n) is 7.29. The number of hydrogen-bond acceptors (Lipinski definition) is 9. The molecule has 4 heterocycles. The van der Waals surface area contributed by atoms with Crippen molar-refractivity contribution in [3.63, 3.8) is 0 Å². The van der Waals surface area contributed by atoms with Gasteiger partial charge < -0.3 is 34.4 Å². The van der Waals surface area contributed by atoms with E-state index in [0.717, 1.165) is 25.9 Å². The predicted octanol–water partition coefficient (Wildman–Crippen LogP) is 1.27. The molecular formula is C33H52N4O8. The number of nitrogens with one attached hydrogen (secondary N) is 1. The highest BCUT2D eigenvalue weighted by Crippen LogP contribution is 2.58. The van der Waals surface area contributed by atoms with E-state index in [1.165, 1.54) is 0 Å². The van der Waals surface area contributed by atoms with Crippen LogP contribution < -0.4 is 5.32 Å². The number of morpholine rings is 1. The number of nitrogens with zero attached hydrogens (tertiary/aromatic N) is 3. The number of unbranched alkanes of at least 4 members (excludes halogenated alkanes) is 3. The number of allylic oxidation sites excluding steroid dienone is 1. The molecule has 0 aromatic heterocycles. The molecule has 0 saturated carbocycles. The van der Waals surface area contributed by atoms with Crippen LogP contribution in [0.4, 0.5) is 0 Å². The van der Waals surface area contributed by atoms with Crippen molar-refractivity contribution in [2.45, 2.75) is 82.1 Å². The summed E-state index contributed by atoms with van der Waals surface area (Å²) in [5, 5.41) is 12.0. The maximum absolute atomic E-state index is 14.5. The van der Waals surface area contributed by atoms with Gasteiger partial charge in [-0.1, -0.05) is 25.0 Å². The highest BCUT2D eigenvalue weighted by Gasteiger charge is 2.75. The molecule has 6 atom stereocenters. The Morgan fingerprint density at radius 1 is 1.16 bits per heavy atom. The minimum Gasteiger partial charge on any atom is -0.460 e. The molecule has 4 aliphatic rings. The third-order valence-corrected chi connectivity index (χ3v) is 9.54. The Morgan fingerprint density at radius 3 is 2.62 bits per heavy atom.